The van der Waals surface area contributed by atoms with Gasteiger partial charge < -0.3 is 9.66 Å². The van der Waals surface area contributed by atoms with Crippen molar-refractivity contribution in [3.8, 4) is 0 Å². The average molecular weight is 403 g/mol. The van der Waals surface area contributed by atoms with Gasteiger partial charge in [0.25, 0.3) is 0 Å². The van der Waals surface area contributed by atoms with E-state index in [1.807, 2.05) is 0 Å². The van der Waals surface area contributed by atoms with Crippen LogP contribution in [0.1, 0.15) is 110 Å². The summed E-state index contributed by atoms with van der Waals surface area (Å²) in [6.45, 7) is 3.62. The van der Waals surface area contributed by atoms with Crippen molar-refractivity contribution in [1.82, 2.24) is 0 Å². The van der Waals surface area contributed by atoms with E-state index in [0.29, 0.717) is 6.42 Å². The molecule has 0 aliphatic rings. The van der Waals surface area contributed by atoms with Crippen molar-refractivity contribution in [3.05, 3.63) is 0 Å². The number of rotatable bonds is 17. The number of unbranched alkanes of at least 4 members (excludes halogenated alkanes) is 10. The van der Waals surface area contributed by atoms with Crippen molar-refractivity contribution in [2.45, 2.75) is 122 Å². The van der Waals surface area contributed by atoms with E-state index in [1.165, 1.54) is 51.9 Å². The van der Waals surface area contributed by atoms with E-state index in [2.05, 4.69) is 6.92 Å². The Bertz CT molecular complexity index is 374. The molecular formula is C19H39KO4S. The Balaban J connectivity index is 0. The van der Waals surface area contributed by atoms with Gasteiger partial charge >= 0.3 is 51.4 Å². The molecule has 0 aromatic heterocycles. The number of hydrogen-bond acceptors (Lipinski definition) is 4. The Morgan fingerprint density at radius 2 is 1.12 bits per heavy atom. The minimum absolute atomic E-state index is 0. The van der Waals surface area contributed by atoms with Gasteiger partial charge in [-0.2, -0.15) is 0 Å². The Kier molecular flexibility index (Phi) is 21.7. The zero-order valence-corrected chi connectivity index (χ0v) is 20.8. The van der Waals surface area contributed by atoms with Gasteiger partial charge in [0.05, 0.1) is 16.2 Å². The first-order valence-corrected chi connectivity index (χ1v) is 11.5. The summed E-state index contributed by atoms with van der Waals surface area (Å²) in [5, 5.41) is 8.90. The first-order chi connectivity index (χ1) is 11.4. The normalized spacial score (nSPS) is 14.1. The van der Waals surface area contributed by atoms with E-state index >= 15 is 0 Å². The third-order valence-electron chi connectivity index (χ3n) is 4.76. The average Bonchev–Trinajstić information content (AvgIpc) is 2.51. The summed E-state index contributed by atoms with van der Waals surface area (Å²) >= 11 is 0. The van der Waals surface area contributed by atoms with Crippen molar-refractivity contribution in [1.29, 1.82) is 0 Å². The van der Waals surface area contributed by atoms with Crippen molar-refractivity contribution in [3.63, 3.8) is 0 Å². The first-order valence-electron chi connectivity index (χ1n) is 10.0. The van der Waals surface area contributed by atoms with E-state index in [9.17, 15) is 18.1 Å². The molecule has 0 aromatic rings. The molecule has 1 N–H and O–H groups in total. The second kappa shape index (κ2) is 18.9. The quantitative estimate of drug-likeness (QED) is 0.230. The maximum Gasteiger partial charge on any atom is 1.00 e. The van der Waals surface area contributed by atoms with Gasteiger partial charge in [0.1, 0.15) is 0 Å². The Morgan fingerprint density at radius 1 is 0.760 bits per heavy atom. The van der Waals surface area contributed by atoms with Crippen LogP contribution in [0.3, 0.4) is 0 Å². The topological polar surface area (TPSA) is 77.4 Å². The summed E-state index contributed by atoms with van der Waals surface area (Å²) in [4.78, 5) is 0. The molecule has 0 amide bonds. The predicted octanol–water partition coefficient (Wildman–Crippen LogP) is 2.16. The van der Waals surface area contributed by atoms with Crippen LogP contribution >= 0.6 is 0 Å². The third kappa shape index (κ3) is 20.1. The van der Waals surface area contributed by atoms with Crippen molar-refractivity contribution >= 4 is 10.1 Å². The maximum absolute atomic E-state index is 10.8. The van der Waals surface area contributed by atoms with Gasteiger partial charge in [-0.05, 0) is 26.2 Å². The molecule has 0 aliphatic carbocycles. The summed E-state index contributed by atoms with van der Waals surface area (Å²) in [7, 11) is -4.09. The standard InChI is InChI=1S/C19H40O4S.K/c1-3-15-19(20)17-14-12-10-8-6-4-5-7-9-11-13-16-18(2)24(21,22)23;/h18-20H,3-17H2,1-2H3,(H,21,22,23);/q;+1/p-1. The zero-order valence-electron chi connectivity index (χ0n) is 16.8. The fraction of sp³-hybridized carbons (Fsp3) is 1.00. The van der Waals surface area contributed by atoms with Crippen LogP contribution in [0.4, 0.5) is 0 Å². The van der Waals surface area contributed by atoms with Crippen LogP contribution < -0.4 is 51.4 Å². The zero-order chi connectivity index (χ0) is 18.3. The summed E-state index contributed by atoms with van der Waals surface area (Å²) in [6, 6.07) is 0. The molecular weight excluding hydrogens is 363 g/mol. The molecule has 2 atom stereocenters. The molecule has 25 heavy (non-hydrogen) atoms. The van der Waals surface area contributed by atoms with E-state index in [4.69, 9.17) is 0 Å². The van der Waals surface area contributed by atoms with Crippen LogP contribution in [-0.2, 0) is 10.1 Å². The number of hydrogen-bond donors (Lipinski definition) is 1. The molecule has 4 nitrogen and oxygen atoms in total. The first kappa shape index (κ1) is 28.7. The van der Waals surface area contributed by atoms with Gasteiger partial charge in [0.2, 0.25) is 0 Å². The van der Waals surface area contributed by atoms with Crippen LogP contribution in [0.25, 0.3) is 0 Å². The molecule has 0 bridgehead atoms. The molecule has 0 fully saturated rings. The van der Waals surface area contributed by atoms with Gasteiger partial charge in [-0.25, -0.2) is 8.42 Å². The van der Waals surface area contributed by atoms with E-state index in [-0.39, 0.29) is 57.5 Å². The number of aliphatic hydroxyl groups is 1. The molecule has 6 heteroatoms. The molecule has 0 aromatic carbocycles. The molecule has 0 aliphatic heterocycles. The fourth-order valence-electron chi connectivity index (χ4n) is 3.02. The Hall–Kier alpha value is 1.51. The van der Waals surface area contributed by atoms with Gasteiger partial charge in [-0.3, -0.25) is 0 Å². The molecule has 0 rings (SSSR count). The van der Waals surface area contributed by atoms with E-state index < -0.39 is 15.4 Å². The largest absolute Gasteiger partial charge is 1.00 e. The molecule has 146 valence electrons. The second-order valence-corrected chi connectivity index (χ2v) is 9.00. The summed E-state index contributed by atoms with van der Waals surface area (Å²) in [6.07, 6.45) is 16.4. The molecule has 2 unspecified atom stereocenters. The summed E-state index contributed by atoms with van der Waals surface area (Å²) in [5.41, 5.74) is 0. The number of aliphatic hydroxyl groups excluding tert-OH is 1. The SMILES string of the molecule is CCCC(O)CCCCCCCCCCCCCC(C)S(=O)(=O)[O-].[K+]. The monoisotopic (exact) mass is 402 g/mol. The molecule has 0 radical (unpaired) electrons. The summed E-state index contributed by atoms with van der Waals surface area (Å²) < 4.78 is 32.3. The molecule has 0 saturated carbocycles. The van der Waals surface area contributed by atoms with Crippen LogP contribution in [0.5, 0.6) is 0 Å². The van der Waals surface area contributed by atoms with Gasteiger partial charge in [-0.15, -0.1) is 0 Å². The third-order valence-corrected chi connectivity index (χ3v) is 5.98. The van der Waals surface area contributed by atoms with Gasteiger partial charge in [0.15, 0.2) is 0 Å². The van der Waals surface area contributed by atoms with Crippen LogP contribution in [0.15, 0.2) is 0 Å². The van der Waals surface area contributed by atoms with Gasteiger partial charge in [-0.1, -0.05) is 84.0 Å². The fourth-order valence-corrected chi connectivity index (χ4v) is 3.48. The Morgan fingerprint density at radius 3 is 1.48 bits per heavy atom. The minimum Gasteiger partial charge on any atom is -0.748 e. The van der Waals surface area contributed by atoms with Crippen LogP contribution in [0, 0.1) is 0 Å². The van der Waals surface area contributed by atoms with Crippen molar-refractivity contribution < 1.29 is 69.5 Å². The predicted molar refractivity (Wildman–Crippen MR) is 100 cm³/mol. The smallest absolute Gasteiger partial charge is 0.748 e. The van der Waals surface area contributed by atoms with E-state index in [0.717, 1.165) is 44.9 Å². The molecule has 0 heterocycles. The molecule has 0 saturated heterocycles. The van der Waals surface area contributed by atoms with Crippen LogP contribution in [0.2, 0.25) is 0 Å². The maximum atomic E-state index is 10.8. The van der Waals surface area contributed by atoms with Crippen molar-refractivity contribution in [2.24, 2.45) is 0 Å². The summed E-state index contributed by atoms with van der Waals surface area (Å²) in [5.74, 6) is 0. The minimum atomic E-state index is -4.09. The van der Waals surface area contributed by atoms with Crippen molar-refractivity contribution in [2.75, 3.05) is 0 Å². The Labute approximate surface area is 199 Å². The second-order valence-electron chi connectivity index (χ2n) is 7.21. The molecule has 0 spiro atoms. The van der Waals surface area contributed by atoms with Crippen LogP contribution in [-0.4, -0.2) is 29.4 Å². The van der Waals surface area contributed by atoms with Gasteiger partial charge in [0, 0.05) is 5.25 Å². The van der Waals surface area contributed by atoms with E-state index in [1.54, 1.807) is 0 Å².